The van der Waals surface area contributed by atoms with E-state index in [0.717, 1.165) is 23.1 Å². The Hall–Kier alpha value is -4.30. The summed E-state index contributed by atoms with van der Waals surface area (Å²) in [5.41, 5.74) is 14.9. The average molecular weight is 758 g/mol. The number of nitrogens with two attached hydrogens (primary N) is 2. The molecule has 2 aromatic carbocycles. The lowest BCUT2D eigenvalue weighted by Crippen LogP contribution is -2.24. The average Bonchev–Trinajstić information content (AvgIpc) is 3.43. The molecule has 0 aliphatic carbocycles. The number of nitrogens with one attached hydrogen (secondary N) is 2. The molecule has 0 fully saturated rings. The molecule has 20 heteroatoms. The second-order valence-corrected chi connectivity index (χ2v) is 14.1. The predicted octanol–water partition coefficient (Wildman–Crippen LogP) is 6.60. The molecule has 0 aliphatic rings. The molecule has 3 aromatic rings. The highest BCUT2D eigenvalue weighted by molar-refractivity contribution is 8.01. The topological polar surface area (TPSA) is 209 Å². The summed E-state index contributed by atoms with van der Waals surface area (Å²) < 4.78 is 92.0. The van der Waals surface area contributed by atoms with Gasteiger partial charge in [-0.15, -0.1) is 23.1 Å². The Morgan fingerprint density at radius 3 is 1.96 bits per heavy atom. The van der Waals surface area contributed by atoms with Crippen molar-refractivity contribution in [2.75, 3.05) is 18.1 Å². The van der Waals surface area contributed by atoms with Crippen LogP contribution in [0.2, 0.25) is 0 Å². The van der Waals surface area contributed by atoms with Crippen LogP contribution in [0.4, 0.5) is 32.0 Å². The number of amidine groups is 1. The minimum atomic E-state index is -5.08. The van der Waals surface area contributed by atoms with Gasteiger partial charge in [-0.2, -0.15) is 26.3 Å². The number of halogens is 6. The molecule has 270 valence electrons. The van der Waals surface area contributed by atoms with Gasteiger partial charge in [0.25, 0.3) is 0 Å². The number of anilines is 1. The highest BCUT2D eigenvalue weighted by Gasteiger charge is 2.39. The van der Waals surface area contributed by atoms with Crippen molar-refractivity contribution in [3.63, 3.8) is 0 Å². The fourth-order valence-corrected chi connectivity index (χ4v) is 7.51. The van der Waals surface area contributed by atoms with E-state index in [1.54, 1.807) is 18.4 Å². The molecule has 0 atom stereocenters. The number of carbonyl (C=O) groups is 2. The van der Waals surface area contributed by atoms with E-state index in [1.807, 2.05) is 37.3 Å². The third-order valence-corrected chi connectivity index (χ3v) is 10.2. The van der Waals surface area contributed by atoms with Crippen molar-refractivity contribution in [3.05, 3.63) is 59.0 Å². The number of aliphatic carboxylic acids is 2. The molecule has 0 saturated heterocycles. The van der Waals surface area contributed by atoms with Crippen molar-refractivity contribution < 1.29 is 54.6 Å². The van der Waals surface area contributed by atoms with Gasteiger partial charge in [-0.25, -0.2) is 18.0 Å². The molecule has 0 spiro atoms. The summed E-state index contributed by atoms with van der Waals surface area (Å²) in [5, 5.41) is 25.0. The van der Waals surface area contributed by atoms with Crippen molar-refractivity contribution in [2.24, 2.45) is 22.4 Å². The number of hydrogen-bond acceptors (Lipinski definition) is 8. The fourth-order valence-electron chi connectivity index (χ4n) is 3.47. The summed E-state index contributed by atoms with van der Waals surface area (Å²) in [6.07, 6.45) is -7.49. The molecule has 0 aliphatic heterocycles. The van der Waals surface area contributed by atoms with Crippen LogP contribution in [-0.2, 0) is 19.4 Å². The van der Waals surface area contributed by atoms with E-state index in [-0.39, 0.29) is 21.6 Å². The van der Waals surface area contributed by atoms with E-state index in [4.69, 9.17) is 36.7 Å². The van der Waals surface area contributed by atoms with Gasteiger partial charge in [-0.1, -0.05) is 44.2 Å². The van der Waals surface area contributed by atoms with Crippen LogP contribution < -0.4 is 16.8 Å². The van der Waals surface area contributed by atoms with Crippen molar-refractivity contribution in [1.82, 2.24) is 0 Å². The Labute approximate surface area is 285 Å². The maximum atomic E-state index is 14.0. The molecule has 1 heterocycles. The van der Waals surface area contributed by atoms with Gasteiger partial charge in [-0.05, 0) is 60.4 Å². The summed E-state index contributed by atoms with van der Waals surface area (Å²) in [6, 6.07) is 14.5. The Morgan fingerprint density at radius 1 is 0.980 bits per heavy atom. The van der Waals surface area contributed by atoms with E-state index in [0.29, 0.717) is 27.2 Å². The zero-order valence-corrected chi connectivity index (χ0v) is 28.7. The molecule has 1 aromatic heterocycles. The summed E-state index contributed by atoms with van der Waals surface area (Å²) in [4.78, 5) is 22.8. The van der Waals surface area contributed by atoms with E-state index < -0.39 is 34.1 Å². The number of benzene rings is 2. The number of carboxylic acid groups (broad SMARTS) is 2. The third-order valence-electron chi connectivity index (χ3n) is 5.87. The number of thioether (sulfide) groups is 1. The second-order valence-electron chi connectivity index (χ2n) is 10.1. The van der Waals surface area contributed by atoms with Crippen LogP contribution in [0, 0.1) is 18.3 Å². The lowest BCUT2D eigenvalue weighted by molar-refractivity contribution is -0.193. The van der Waals surface area contributed by atoms with E-state index >= 15 is 0 Å². The van der Waals surface area contributed by atoms with Gasteiger partial charge in [0.2, 0.25) is 9.84 Å². The first-order chi connectivity index (χ1) is 22.4. The molecule has 0 amide bonds. The first kappa shape index (κ1) is 42.7. The number of nitrogen functional groups attached to an aromatic ring is 1. The van der Waals surface area contributed by atoms with E-state index in [1.165, 1.54) is 29.2 Å². The Kier molecular flexibility index (Phi) is 15.6. The monoisotopic (exact) mass is 757 g/mol. The molecule has 0 saturated carbocycles. The summed E-state index contributed by atoms with van der Waals surface area (Å²) in [6.45, 7) is 6.74. The second kappa shape index (κ2) is 17.9. The zero-order valence-electron chi connectivity index (χ0n) is 26.2. The first-order valence-corrected chi connectivity index (χ1v) is 17.1. The molecule has 0 unspecified atom stereocenters. The smallest absolute Gasteiger partial charge is 0.475 e. The quantitative estimate of drug-likeness (QED) is 0.0596. The fraction of sp³-hybridized carbons (Fsp3) is 0.310. The van der Waals surface area contributed by atoms with Gasteiger partial charge in [0.15, 0.2) is 5.96 Å². The van der Waals surface area contributed by atoms with Gasteiger partial charge < -0.3 is 27.0 Å². The number of thiophene rings is 1. The normalized spacial score (nSPS) is 11.9. The van der Waals surface area contributed by atoms with E-state index in [9.17, 15) is 34.8 Å². The highest BCUT2D eigenvalue weighted by atomic mass is 32.2. The molecule has 8 N–H and O–H groups in total. The van der Waals surface area contributed by atoms with Crippen LogP contribution in [-0.4, -0.2) is 67.5 Å². The number of aliphatic imine (C=N–C) groups is 1. The third kappa shape index (κ3) is 13.3. The lowest BCUT2D eigenvalue weighted by Gasteiger charge is -2.15. The van der Waals surface area contributed by atoms with Gasteiger partial charge in [-0.3, -0.25) is 10.4 Å². The van der Waals surface area contributed by atoms with Crippen molar-refractivity contribution >= 4 is 62.4 Å². The standard InChI is InChI=1S/C25H31N5O2S3.2C2HF3O2/c1-15(2)11-12-29-25(28)30-19-10-9-17(18-8-6-5-7-16(18)3)13-21(19)35(31,32)22-14-20(23(26)27)34-24(22)33-4;2*3-2(4,5)1(6)7/h5-10,13-15H,11-12H2,1-4H3,(H3,26,27)(H3,28,29,30);2*(H,6,7). The molecule has 3 rings (SSSR count). The molecule has 0 bridgehead atoms. The Morgan fingerprint density at radius 2 is 1.51 bits per heavy atom. The van der Waals surface area contributed by atoms with Crippen LogP contribution in [0.15, 0.2) is 67.5 Å². The summed E-state index contributed by atoms with van der Waals surface area (Å²) in [5.74, 6) is -5.04. The van der Waals surface area contributed by atoms with Crippen molar-refractivity contribution in [2.45, 2.75) is 53.5 Å². The van der Waals surface area contributed by atoms with E-state index in [2.05, 4.69) is 24.2 Å². The molecular weight excluding hydrogens is 725 g/mol. The van der Waals surface area contributed by atoms with Gasteiger partial charge in [0.05, 0.1) is 24.6 Å². The SMILES string of the molecule is CSc1sc(C(=N)N)cc1S(=O)(=O)c1cc(-c2ccccc2C)ccc1NC(N)=NCCC(C)C.O=C(O)C(F)(F)F.O=C(O)C(F)(F)F. The largest absolute Gasteiger partial charge is 0.490 e. The van der Waals surface area contributed by atoms with Crippen LogP contribution >= 0.6 is 23.1 Å². The number of sulfone groups is 1. The zero-order chi connectivity index (χ0) is 37.9. The Balaban J connectivity index is 0.000000717. The number of aryl methyl sites for hydroxylation is 1. The number of nitrogens with zero attached hydrogens (tertiary/aromatic N) is 1. The Bertz CT molecular complexity index is 1750. The van der Waals surface area contributed by atoms with Gasteiger partial charge in [0, 0.05) is 6.54 Å². The number of carboxylic acids is 2. The molecule has 11 nitrogen and oxygen atoms in total. The van der Waals surface area contributed by atoms with Crippen LogP contribution in [0.1, 0.15) is 30.7 Å². The maximum absolute atomic E-state index is 14.0. The summed E-state index contributed by atoms with van der Waals surface area (Å²) >= 11 is 2.50. The predicted molar refractivity (Wildman–Crippen MR) is 176 cm³/mol. The number of hydrogen-bond donors (Lipinski definition) is 6. The van der Waals surface area contributed by atoms with Crippen LogP contribution in [0.25, 0.3) is 11.1 Å². The number of guanidine groups is 1. The minimum Gasteiger partial charge on any atom is -0.475 e. The van der Waals surface area contributed by atoms with Crippen molar-refractivity contribution in [1.29, 1.82) is 5.41 Å². The van der Waals surface area contributed by atoms with Crippen molar-refractivity contribution in [3.8, 4) is 11.1 Å². The highest BCUT2D eigenvalue weighted by Crippen LogP contribution is 2.40. The van der Waals surface area contributed by atoms with Gasteiger partial charge >= 0.3 is 24.3 Å². The van der Waals surface area contributed by atoms with Gasteiger partial charge in [0.1, 0.15) is 5.84 Å². The maximum Gasteiger partial charge on any atom is 0.490 e. The number of rotatable bonds is 9. The molecule has 0 radical (unpaired) electrons. The first-order valence-electron chi connectivity index (χ1n) is 13.6. The lowest BCUT2D eigenvalue weighted by atomic mass is 10.0. The van der Waals surface area contributed by atoms with Crippen LogP contribution in [0.3, 0.4) is 0 Å². The van der Waals surface area contributed by atoms with Crippen LogP contribution in [0.5, 0.6) is 0 Å². The minimum absolute atomic E-state index is 0.0865. The molecular formula is C29H33F6N5O6S3. The number of alkyl halides is 6. The summed E-state index contributed by atoms with van der Waals surface area (Å²) in [7, 11) is -3.98. The molecule has 49 heavy (non-hydrogen) atoms.